The number of piperidine rings is 1. The smallest absolute Gasteiger partial charge is 0.490 e. The van der Waals surface area contributed by atoms with E-state index in [1.54, 1.807) is 6.07 Å². The Labute approximate surface area is 228 Å². The van der Waals surface area contributed by atoms with Crippen LogP contribution in [0, 0.1) is 0 Å². The first-order valence-corrected chi connectivity index (χ1v) is 13.2. The van der Waals surface area contributed by atoms with Crippen LogP contribution in [0.2, 0.25) is 0 Å². The molecule has 1 aliphatic rings. The van der Waals surface area contributed by atoms with Gasteiger partial charge in [0.25, 0.3) is 5.91 Å². The minimum atomic E-state index is -5.08. The minimum absolute atomic E-state index is 0.121. The number of primary amides is 1. The molecule has 14 heteroatoms. The molecule has 0 saturated carbocycles. The molecule has 1 fully saturated rings. The van der Waals surface area contributed by atoms with Gasteiger partial charge in [-0.3, -0.25) is 10.1 Å². The summed E-state index contributed by atoms with van der Waals surface area (Å²) in [4.78, 5) is 36.5. The molecule has 0 bridgehead atoms. The summed E-state index contributed by atoms with van der Waals surface area (Å²) in [5, 5.41) is 16.5. The van der Waals surface area contributed by atoms with Crippen molar-refractivity contribution >= 4 is 34.2 Å². The summed E-state index contributed by atoms with van der Waals surface area (Å²) in [6, 6.07) is 9.01. The van der Waals surface area contributed by atoms with Crippen molar-refractivity contribution in [3.05, 3.63) is 35.9 Å². The molecule has 1 aromatic heterocycles. The Hall–Kier alpha value is -3.36. The van der Waals surface area contributed by atoms with E-state index in [1.807, 2.05) is 24.3 Å². The third kappa shape index (κ3) is 10.7. The van der Waals surface area contributed by atoms with Crippen molar-refractivity contribution in [2.45, 2.75) is 38.9 Å². The average molecular weight is 574 g/mol. The zero-order valence-electron chi connectivity index (χ0n) is 21.8. The first-order chi connectivity index (χ1) is 18.4. The molecule has 216 valence electrons. The number of thiophene rings is 1. The number of likely N-dealkylation sites (N-methyl/N-ethyl adjacent to an activating group) is 1. The number of urea groups is 1. The first-order valence-electron chi connectivity index (χ1n) is 12.4. The van der Waals surface area contributed by atoms with E-state index < -0.39 is 18.2 Å². The molecule has 0 spiro atoms. The quantitative estimate of drug-likeness (QED) is 0.291. The molecule has 0 unspecified atom stereocenters. The molecule has 0 aliphatic carbocycles. The molecule has 3 amide bonds. The number of aliphatic carboxylic acids is 1. The zero-order valence-corrected chi connectivity index (χ0v) is 22.6. The number of halogens is 3. The van der Waals surface area contributed by atoms with E-state index in [-0.39, 0.29) is 11.9 Å². The van der Waals surface area contributed by atoms with Gasteiger partial charge < -0.3 is 31.1 Å². The maximum atomic E-state index is 12.9. The second kappa shape index (κ2) is 15.3. The molecule has 1 saturated heterocycles. The van der Waals surface area contributed by atoms with Crippen LogP contribution in [0.5, 0.6) is 5.75 Å². The van der Waals surface area contributed by atoms with Crippen LogP contribution in [-0.2, 0) is 4.79 Å². The fraction of sp³-hybridized carbons (Fsp3) is 0.480. The van der Waals surface area contributed by atoms with Crippen molar-refractivity contribution in [3.63, 3.8) is 0 Å². The van der Waals surface area contributed by atoms with E-state index in [4.69, 9.17) is 20.4 Å². The molecule has 0 atom stereocenters. The van der Waals surface area contributed by atoms with Gasteiger partial charge in [0.15, 0.2) is 0 Å². The Bertz CT molecular complexity index is 1100. The summed E-state index contributed by atoms with van der Waals surface area (Å²) in [6.45, 7) is 9.49. The van der Waals surface area contributed by atoms with Gasteiger partial charge in [-0.2, -0.15) is 13.2 Å². The van der Waals surface area contributed by atoms with Gasteiger partial charge in [-0.05, 0) is 62.8 Å². The second-order valence-electron chi connectivity index (χ2n) is 8.55. The lowest BCUT2D eigenvalue weighted by molar-refractivity contribution is -0.192. The van der Waals surface area contributed by atoms with Crippen molar-refractivity contribution < 1.29 is 37.4 Å². The summed E-state index contributed by atoms with van der Waals surface area (Å²) >= 11 is 1.33. The van der Waals surface area contributed by atoms with Crippen LogP contribution in [0.4, 0.5) is 23.0 Å². The molecule has 39 heavy (non-hydrogen) atoms. The number of carboxylic acid groups (broad SMARTS) is 1. The number of alkyl halides is 3. The summed E-state index contributed by atoms with van der Waals surface area (Å²) in [7, 11) is 0. The number of anilines is 1. The molecule has 10 nitrogen and oxygen atoms in total. The van der Waals surface area contributed by atoms with Crippen LogP contribution in [0.15, 0.2) is 30.3 Å². The molecule has 2 heterocycles. The Morgan fingerprint density at radius 2 is 1.82 bits per heavy atom. The highest BCUT2D eigenvalue weighted by Crippen LogP contribution is 2.37. The normalized spacial score (nSPS) is 13.8. The van der Waals surface area contributed by atoms with Crippen molar-refractivity contribution in [2.24, 2.45) is 5.73 Å². The molecular weight excluding hydrogens is 539 g/mol. The molecule has 3 rings (SSSR count). The number of nitrogens with one attached hydrogen (secondary N) is 3. The third-order valence-electron chi connectivity index (χ3n) is 5.82. The number of nitrogens with two attached hydrogens (primary N) is 1. The highest BCUT2D eigenvalue weighted by Gasteiger charge is 2.38. The van der Waals surface area contributed by atoms with Gasteiger partial charge in [0.2, 0.25) is 0 Å². The lowest BCUT2D eigenvalue weighted by atomic mass is 10.1. The van der Waals surface area contributed by atoms with Gasteiger partial charge in [0, 0.05) is 17.5 Å². The number of amides is 3. The lowest BCUT2D eigenvalue weighted by Gasteiger charge is -2.23. The first kappa shape index (κ1) is 31.9. The van der Waals surface area contributed by atoms with Crippen LogP contribution in [0.25, 0.3) is 10.4 Å². The Kier molecular flexibility index (Phi) is 12.5. The molecule has 1 aliphatic heterocycles. The minimum Gasteiger partial charge on any atom is -0.492 e. The lowest BCUT2D eigenvalue weighted by Crippen LogP contribution is -2.42. The molecule has 1 aromatic carbocycles. The van der Waals surface area contributed by atoms with E-state index in [1.165, 1.54) is 11.3 Å². The van der Waals surface area contributed by atoms with Crippen LogP contribution in [0.3, 0.4) is 0 Å². The second-order valence-corrected chi connectivity index (χ2v) is 9.60. The van der Waals surface area contributed by atoms with Gasteiger partial charge >= 0.3 is 18.2 Å². The SMILES string of the molecule is CCN(CC)CCOc1cccc(-c2cc(C(=O)NC3CCNCC3)c(NC(N)=O)s2)c1.O=C(O)C(F)(F)F. The standard InChI is InChI=1S/C23H33N5O3S.C2HF3O2/c1-3-28(4-2)12-13-31-18-7-5-6-16(14-18)20-15-19(22(32-20)27-23(24)30)21(29)26-17-8-10-25-11-9-17;3-2(4,5)1(6)7/h5-7,14-15,17,25H,3-4,8-13H2,1-2H3,(H,26,29)(H3,24,27,30);(H,6,7). The fourth-order valence-electron chi connectivity index (χ4n) is 3.71. The van der Waals surface area contributed by atoms with E-state index in [2.05, 4.69) is 34.7 Å². The van der Waals surface area contributed by atoms with Gasteiger partial charge in [-0.15, -0.1) is 11.3 Å². The van der Waals surface area contributed by atoms with Gasteiger partial charge in [-0.25, -0.2) is 9.59 Å². The Morgan fingerprint density at radius 3 is 2.38 bits per heavy atom. The number of carbonyl (C=O) groups is 3. The highest BCUT2D eigenvalue weighted by atomic mass is 32.1. The van der Waals surface area contributed by atoms with Crippen LogP contribution in [0.1, 0.15) is 37.0 Å². The highest BCUT2D eigenvalue weighted by molar-refractivity contribution is 7.20. The number of hydrogen-bond donors (Lipinski definition) is 5. The van der Waals surface area contributed by atoms with E-state index in [0.29, 0.717) is 17.2 Å². The van der Waals surface area contributed by atoms with Crippen LogP contribution < -0.4 is 26.4 Å². The van der Waals surface area contributed by atoms with E-state index in [9.17, 15) is 22.8 Å². The number of ether oxygens (including phenoxy) is 1. The number of carboxylic acids is 1. The van der Waals surface area contributed by atoms with E-state index in [0.717, 1.165) is 61.8 Å². The number of carbonyl (C=O) groups excluding carboxylic acids is 2. The zero-order chi connectivity index (χ0) is 29.0. The largest absolute Gasteiger partial charge is 0.492 e. The van der Waals surface area contributed by atoms with Gasteiger partial charge in [-0.1, -0.05) is 26.0 Å². The molecule has 2 aromatic rings. The molecular formula is C25H34F3N5O5S. The average Bonchev–Trinajstić information content (AvgIpc) is 3.30. The summed E-state index contributed by atoms with van der Waals surface area (Å²) in [5.74, 6) is -2.18. The summed E-state index contributed by atoms with van der Waals surface area (Å²) < 4.78 is 37.7. The van der Waals surface area contributed by atoms with E-state index >= 15 is 0 Å². The monoisotopic (exact) mass is 573 g/mol. The fourth-order valence-corrected chi connectivity index (χ4v) is 4.76. The molecule has 0 radical (unpaired) electrons. The topological polar surface area (TPSA) is 146 Å². The molecule has 6 N–H and O–H groups in total. The van der Waals surface area contributed by atoms with Crippen molar-refractivity contribution in [2.75, 3.05) is 44.6 Å². The predicted molar refractivity (Wildman–Crippen MR) is 143 cm³/mol. The maximum Gasteiger partial charge on any atom is 0.490 e. The Balaban J connectivity index is 0.000000673. The van der Waals surface area contributed by atoms with Crippen LogP contribution >= 0.6 is 11.3 Å². The predicted octanol–water partition coefficient (Wildman–Crippen LogP) is 3.74. The number of hydrogen-bond acceptors (Lipinski definition) is 7. The maximum absolute atomic E-state index is 12.9. The summed E-state index contributed by atoms with van der Waals surface area (Å²) in [5.41, 5.74) is 6.69. The van der Waals surface area contributed by atoms with Crippen molar-refractivity contribution in [1.82, 2.24) is 15.5 Å². The number of benzene rings is 1. The number of nitrogens with zero attached hydrogens (tertiary/aromatic N) is 1. The van der Waals surface area contributed by atoms with Crippen molar-refractivity contribution in [3.8, 4) is 16.2 Å². The van der Waals surface area contributed by atoms with Crippen molar-refractivity contribution in [1.29, 1.82) is 0 Å². The van der Waals surface area contributed by atoms with Crippen LogP contribution in [-0.4, -0.2) is 79.5 Å². The third-order valence-corrected chi connectivity index (χ3v) is 6.92. The Morgan fingerprint density at radius 1 is 1.18 bits per heavy atom. The van der Waals surface area contributed by atoms with Gasteiger partial charge in [0.05, 0.1) is 5.56 Å². The summed E-state index contributed by atoms with van der Waals surface area (Å²) in [6.07, 6.45) is -3.32. The number of rotatable bonds is 10. The van der Waals surface area contributed by atoms with Gasteiger partial charge in [0.1, 0.15) is 17.4 Å².